The van der Waals surface area contributed by atoms with E-state index in [1.165, 1.54) is 44.6 Å². The van der Waals surface area contributed by atoms with Gasteiger partial charge in [0.2, 0.25) is 0 Å². The van der Waals surface area contributed by atoms with Crippen LogP contribution < -0.4 is 10.4 Å². The highest BCUT2D eigenvalue weighted by Crippen LogP contribution is 2.25. The second-order valence-electron chi connectivity index (χ2n) is 6.67. The van der Waals surface area contributed by atoms with Gasteiger partial charge in [0.1, 0.15) is 17.8 Å². The van der Waals surface area contributed by atoms with Crippen molar-refractivity contribution in [3.05, 3.63) is 52.9 Å². The van der Waals surface area contributed by atoms with E-state index >= 15 is 0 Å². The lowest BCUT2D eigenvalue weighted by atomic mass is 10.1. The summed E-state index contributed by atoms with van der Waals surface area (Å²) < 4.78 is 25.0. The highest BCUT2D eigenvalue weighted by Gasteiger charge is 2.14. The summed E-state index contributed by atoms with van der Waals surface area (Å²) in [4.78, 5) is 12.2. The van der Waals surface area contributed by atoms with Crippen LogP contribution in [-0.4, -0.2) is 6.61 Å². The van der Waals surface area contributed by atoms with Gasteiger partial charge in [0.15, 0.2) is 11.6 Å². The van der Waals surface area contributed by atoms with Gasteiger partial charge in [-0.1, -0.05) is 70.6 Å². The quantitative estimate of drug-likeness (QED) is 0.335. The van der Waals surface area contributed by atoms with Crippen LogP contribution in [0.25, 0.3) is 10.8 Å². The number of aryl methyl sites for hydroxylation is 1. The molecule has 0 atom stereocenters. The zero-order chi connectivity index (χ0) is 18.8. The molecule has 0 fully saturated rings. The van der Waals surface area contributed by atoms with E-state index in [9.17, 15) is 9.18 Å². The molecular formula is C22H29FO3. The van der Waals surface area contributed by atoms with Crippen molar-refractivity contribution >= 4 is 10.8 Å². The summed E-state index contributed by atoms with van der Waals surface area (Å²) in [6.07, 6.45) is 12.0. The standard InChI is InChI=1S/C22H29FO3/c1-3-5-6-7-8-9-10-11-12-18-16-17-13-14-19(25-15-4-2)21(23)20(17)22(24)26-18/h4,13-14,16H,2-3,5-12,15H2,1H3. The highest BCUT2D eigenvalue weighted by molar-refractivity contribution is 5.83. The molecule has 2 aromatic rings. The van der Waals surface area contributed by atoms with Crippen LogP contribution in [0.3, 0.4) is 0 Å². The Bertz CT molecular complexity index is 764. The Morgan fingerprint density at radius 2 is 1.81 bits per heavy atom. The fraction of sp³-hybridized carbons (Fsp3) is 0.500. The van der Waals surface area contributed by atoms with Gasteiger partial charge in [-0.05, 0) is 23.9 Å². The molecule has 0 unspecified atom stereocenters. The number of hydrogen-bond donors (Lipinski definition) is 0. The molecule has 142 valence electrons. The maximum atomic E-state index is 14.4. The van der Waals surface area contributed by atoms with Crippen molar-refractivity contribution in [3.63, 3.8) is 0 Å². The first kappa shape index (κ1) is 20.2. The van der Waals surface area contributed by atoms with E-state index in [-0.39, 0.29) is 17.7 Å². The summed E-state index contributed by atoms with van der Waals surface area (Å²) in [7, 11) is 0. The lowest BCUT2D eigenvalue weighted by Gasteiger charge is -2.08. The van der Waals surface area contributed by atoms with E-state index in [4.69, 9.17) is 9.15 Å². The fourth-order valence-electron chi connectivity index (χ4n) is 3.09. The number of benzene rings is 1. The molecule has 2 rings (SSSR count). The Morgan fingerprint density at radius 1 is 1.12 bits per heavy atom. The second kappa shape index (κ2) is 10.8. The van der Waals surface area contributed by atoms with Crippen LogP contribution in [-0.2, 0) is 6.42 Å². The zero-order valence-corrected chi connectivity index (χ0v) is 15.7. The Labute approximate surface area is 154 Å². The molecule has 0 radical (unpaired) electrons. The first-order chi connectivity index (χ1) is 12.7. The van der Waals surface area contributed by atoms with Gasteiger partial charge in [-0.2, -0.15) is 0 Å². The summed E-state index contributed by atoms with van der Waals surface area (Å²) in [5.41, 5.74) is -0.640. The van der Waals surface area contributed by atoms with Crippen LogP contribution in [0, 0.1) is 5.82 Å². The van der Waals surface area contributed by atoms with Crippen molar-refractivity contribution in [2.75, 3.05) is 6.61 Å². The van der Waals surface area contributed by atoms with Crippen LogP contribution in [0.1, 0.15) is 64.1 Å². The summed E-state index contributed by atoms with van der Waals surface area (Å²) >= 11 is 0. The summed E-state index contributed by atoms with van der Waals surface area (Å²) in [5.74, 6) is -0.00936. The molecule has 0 saturated carbocycles. The molecule has 0 bridgehead atoms. The maximum Gasteiger partial charge on any atom is 0.346 e. The zero-order valence-electron chi connectivity index (χ0n) is 15.7. The molecule has 0 aliphatic heterocycles. The van der Waals surface area contributed by atoms with E-state index < -0.39 is 11.4 Å². The van der Waals surface area contributed by atoms with E-state index in [1.807, 2.05) is 0 Å². The largest absolute Gasteiger partial charge is 0.486 e. The van der Waals surface area contributed by atoms with Gasteiger partial charge in [0, 0.05) is 6.42 Å². The van der Waals surface area contributed by atoms with Crippen molar-refractivity contribution < 1.29 is 13.5 Å². The Balaban J connectivity index is 1.94. The summed E-state index contributed by atoms with van der Waals surface area (Å²) in [6.45, 7) is 5.93. The molecule has 0 spiro atoms. The van der Waals surface area contributed by atoms with Gasteiger partial charge in [0.25, 0.3) is 0 Å². The minimum absolute atomic E-state index is 0.0422. The molecule has 0 amide bonds. The molecular weight excluding hydrogens is 331 g/mol. The lowest BCUT2D eigenvalue weighted by molar-refractivity contribution is 0.343. The average Bonchev–Trinajstić information content (AvgIpc) is 2.63. The molecule has 0 aliphatic rings. The maximum absolute atomic E-state index is 14.4. The van der Waals surface area contributed by atoms with Crippen molar-refractivity contribution in [2.45, 2.75) is 64.7 Å². The fourth-order valence-corrected chi connectivity index (χ4v) is 3.09. The Morgan fingerprint density at radius 3 is 2.50 bits per heavy atom. The average molecular weight is 360 g/mol. The van der Waals surface area contributed by atoms with Crippen LogP contribution in [0.2, 0.25) is 0 Å². The van der Waals surface area contributed by atoms with E-state index in [2.05, 4.69) is 13.5 Å². The SMILES string of the molecule is C=CCOc1ccc2cc(CCCCCCCCCC)oc(=O)c2c1F. The highest BCUT2D eigenvalue weighted by atomic mass is 19.1. The Hall–Kier alpha value is -2.10. The van der Waals surface area contributed by atoms with E-state index in [0.717, 1.165) is 12.8 Å². The smallest absolute Gasteiger partial charge is 0.346 e. The van der Waals surface area contributed by atoms with Gasteiger partial charge < -0.3 is 9.15 Å². The molecule has 4 heteroatoms. The van der Waals surface area contributed by atoms with Crippen LogP contribution in [0.4, 0.5) is 4.39 Å². The summed E-state index contributed by atoms with van der Waals surface area (Å²) in [5, 5.41) is 0.505. The predicted molar refractivity (Wildman–Crippen MR) is 104 cm³/mol. The number of ether oxygens (including phenoxy) is 1. The number of unbranched alkanes of at least 4 members (excludes halogenated alkanes) is 7. The minimum Gasteiger partial charge on any atom is -0.486 e. The topological polar surface area (TPSA) is 39.4 Å². The molecule has 1 heterocycles. The van der Waals surface area contributed by atoms with E-state index in [0.29, 0.717) is 17.6 Å². The number of hydrogen-bond acceptors (Lipinski definition) is 3. The van der Waals surface area contributed by atoms with Gasteiger partial charge in [-0.15, -0.1) is 0 Å². The number of fused-ring (bicyclic) bond motifs is 1. The molecule has 0 N–H and O–H groups in total. The third kappa shape index (κ3) is 5.72. The van der Waals surface area contributed by atoms with Crippen molar-refractivity contribution in [3.8, 4) is 5.75 Å². The minimum atomic E-state index is -0.670. The number of rotatable bonds is 12. The monoisotopic (exact) mass is 360 g/mol. The molecule has 1 aromatic carbocycles. The van der Waals surface area contributed by atoms with Crippen LogP contribution >= 0.6 is 0 Å². The Kier molecular flexibility index (Phi) is 8.39. The third-order valence-electron chi connectivity index (χ3n) is 4.52. The van der Waals surface area contributed by atoms with Gasteiger partial charge in [-0.25, -0.2) is 9.18 Å². The first-order valence-electron chi connectivity index (χ1n) is 9.66. The van der Waals surface area contributed by atoms with Gasteiger partial charge in [-0.3, -0.25) is 0 Å². The second-order valence-corrected chi connectivity index (χ2v) is 6.67. The summed E-state index contributed by atoms with van der Waals surface area (Å²) in [6, 6.07) is 5.00. The molecule has 0 aliphatic carbocycles. The normalized spacial score (nSPS) is 11.0. The van der Waals surface area contributed by atoms with Gasteiger partial charge in [0.05, 0.1) is 0 Å². The van der Waals surface area contributed by atoms with Gasteiger partial charge >= 0.3 is 5.63 Å². The number of halogens is 1. The molecule has 3 nitrogen and oxygen atoms in total. The van der Waals surface area contributed by atoms with Crippen LogP contribution in [0.15, 0.2) is 40.1 Å². The molecule has 1 aromatic heterocycles. The van der Waals surface area contributed by atoms with E-state index in [1.54, 1.807) is 18.2 Å². The van der Waals surface area contributed by atoms with Crippen molar-refractivity contribution in [2.24, 2.45) is 0 Å². The lowest BCUT2D eigenvalue weighted by Crippen LogP contribution is -2.06. The predicted octanol–water partition coefficient (Wildman–Crippen LogP) is 6.18. The molecule has 0 saturated heterocycles. The first-order valence-corrected chi connectivity index (χ1v) is 9.66. The third-order valence-corrected chi connectivity index (χ3v) is 4.52. The van der Waals surface area contributed by atoms with Crippen molar-refractivity contribution in [1.82, 2.24) is 0 Å². The van der Waals surface area contributed by atoms with Crippen molar-refractivity contribution in [1.29, 1.82) is 0 Å². The molecule has 26 heavy (non-hydrogen) atoms. The van der Waals surface area contributed by atoms with Crippen LogP contribution in [0.5, 0.6) is 5.75 Å².